The molecule has 0 heterocycles. The average Bonchev–Trinajstić information content (AvgIpc) is 2.42. The fourth-order valence-corrected chi connectivity index (χ4v) is 1.27. The summed E-state index contributed by atoms with van der Waals surface area (Å²) in [6.45, 7) is 4.51. The standard InChI is InChI=1S/C9H11N3.3F2.FH/c1-7-3-8(2)5-9(4-7)6-11-12-10;3*1-2;/h3-5H,6H2,1-2H3;;;;1H. The quantitative estimate of drug-likeness (QED) is 0.287. The van der Waals surface area contributed by atoms with Gasteiger partial charge in [-0.3, -0.25) is 4.70 Å². The summed E-state index contributed by atoms with van der Waals surface area (Å²) in [5, 5.41) is 3.50. The summed E-state index contributed by atoms with van der Waals surface area (Å²) >= 11 is 0. The van der Waals surface area contributed by atoms with Crippen LogP contribution in [-0.4, -0.2) is 0 Å². The van der Waals surface area contributed by atoms with Crippen LogP contribution in [0.1, 0.15) is 16.7 Å². The van der Waals surface area contributed by atoms with Gasteiger partial charge in [0.25, 0.3) is 0 Å². The Morgan fingerprint density at radius 1 is 0.947 bits per heavy atom. The van der Waals surface area contributed by atoms with Crippen LogP contribution in [0.15, 0.2) is 23.3 Å². The number of hydrogen-bond acceptors (Lipinski definition) is 1. The number of benzene rings is 1. The Kier molecular flexibility index (Phi) is 29.0. The van der Waals surface area contributed by atoms with E-state index in [1.165, 1.54) is 11.1 Å². The summed E-state index contributed by atoms with van der Waals surface area (Å²) < 4.78 is 48.0. The summed E-state index contributed by atoms with van der Waals surface area (Å²) in [6, 6.07) is 6.16. The van der Waals surface area contributed by atoms with E-state index in [-0.39, 0.29) is 4.70 Å². The minimum absolute atomic E-state index is 0. The Hall–Kier alpha value is -1.96. The fourth-order valence-electron chi connectivity index (χ4n) is 1.27. The second kappa shape index (κ2) is 21.3. The van der Waals surface area contributed by atoms with E-state index in [1.54, 1.807) is 0 Å². The maximum Gasteiger partial charge on any atom is 0.0511 e. The van der Waals surface area contributed by atoms with Gasteiger partial charge in [0.05, 0.1) is 6.54 Å². The van der Waals surface area contributed by atoms with Gasteiger partial charge in [0.1, 0.15) is 0 Å². The van der Waals surface area contributed by atoms with Crippen LogP contribution in [0.25, 0.3) is 10.4 Å². The third-order valence-corrected chi connectivity index (χ3v) is 1.60. The van der Waals surface area contributed by atoms with Crippen molar-refractivity contribution in [2.24, 2.45) is 5.11 Å². The third-order valence-electron chi connectivity index (χ3n) is 1.60. The molecule has 0 saturated heterocycles. The van der Waals surface area contributed by atoms with Crippen molar-refractivity contribution < 1.29 is 32.1 Å². The van der Waals surface area contributed by atoms with Gasteiger partial charge in [0.15, 0.2) is 0 Å². The molecular weight excluding hydrogens is 283 g/mol. The summed E-state index contributed by atoms with van der Waals surface area (Å²) in [6.07, 6.45) is 0. The number of hydrogen-bond donors (Lipinski definition) is 0. The van der Waals surface area contributed by atoms with Gasteiger partial charge < -0.3 is 0 Å². The van der Waals surface area contributed by atoms with Gasteiger partial charge in [-0.1, -0.05) is 34.4 Å². The lowest BCUT2D eigenvalue weighted by molar-refractivity contribution is 0.108. The predicted octanol–water partition coefficient (Wildman–Crippen LogP) is 5.79. The molecule has 0 spiro atoms. The van der Waals surface area contributed by atoms with Crippen molar-refractivity contribution in [3.05, 3.63) is 45.3 Å². The molecule has 0 aromatic heterocycles. The molecule has 0 saturated carbocycles. The first-order valence-electron chi connectivity index (χ1n) is 4.23. The zero-order valence-corrected chi connectivity index (χ0v) is 9.96. The van der Waals surface area contributed by atoms with Crippen LogP contribution in [0.3, 0.4) is 0 Å². The Balaban J connectivity index is -0.000000142. The molecule has 0 fully saturated rings. The summed E-state index contributed by atoms with van der Waals surface area (Å²) in [5.41, 5.74) is 11.6. The van der Waals surface area contributed by atoms with Gasteiger partial charge in [-0.2, -0.15) is 0 Å². The number of aryl methyl sites for hydroxylation is 2. The van der Waals surface area contributed by atoms with Crippen LogP contribution in [-0.2, 0) is 6.54 Å². The highest BCUT2D eigenvalue weighted by atomic mass is 20.0. The van der Waals surface area contributed by atoms with Crippen molar-refractivity contribution in [1.82, 2.24) is 0 Å². The van der Waals surface area contributed by atoms with Gasteiger partial charge in [0.2, 0.25) is 0 Å². The molecule has 0 N–H and O–H groups in total. The van der Waals surface area contributed by atoms with Crippen molar-refractivity contribution in [2.45, 2.75) is 20.4 Å². The molecule has 0 aliphatic rings. The normalized spacial score (nSPS) is 6.74. The third kappa shape index (κ3) is 16.0. The molecule has 112 valence electrons. The molecule has 0 atom stereocenters. The Bertz CT molecular complexity index is 322. The Morgan fingerprint density at radius 3 is 1.63 bits per heavy atom. The maximum absolute atomic E-state index is 8.12. The van der Waals surface area contributed by atoms with E-state index in [2.05, 4.69) is 16.1 Å². The van der Waals surface area contributed by atoms with Crippen LogP contribution in [0.5, 0.6) is 0 Å². The number of nitrogens with zero attached hydrogens (tertiary/aromatic N) is 3. The molecule has 3 nitrogen and oxygen atoms in total. The van der Waals surface area contributed by atoms with Gasteiger partial charge in [-0.15, -0.1) is 0 Å². The van der Waals surface area contributed by atoms with Crippen LogP contribution < -0.4 is 0 Å². The molecular formula is C9H12F7N3. The Morgan fingerprint density at radius 2 is 1.32 bits per heavy atom. The molecule has 0 aliphatic heterocycles. The van der Waals surface area contributed by atoms with E-state index in [1.807, 2.05) is 26.0 Å². The second-order valence-electron chi connectivity index (χ2n) is 2.88. The largest absolute Gasteiger partial charge is 0.269 e. The zero-order valence-electron chi connectivity index (χ0n) is 9.96. The smallest absolute Gasteiger partial charge is 0.0511 e. The lowest BCUT2D eigenvalue weighted by atomic mass is 10.1. The number of halogens is 7. The first-order chi connectivity index (χ1) is 8.72. The first kappa shape index (κ1) is 25.8. The van der Waals surface area contributed by atoms with Gasteiger partial charge in [-0.05, 0) is 24.9 Å². The van der Waals surface area contributed by atoms with E-state index in [0.29, 0.717) is 6.54 Å². The summed E-state index contributed by atoms with van der Waals surface area (Å²) in [4.78, 5) is 2.72. The summed E-state index contributed by atoms with van der Waals surface area (Å²) in [7, 11) is 0. The van der Waals surface area contributed by atoms with Crippen molar-refractivity contribution in [1.29, 1.82) is 0 Å². The summed E-state index contributed by atoms with van der Waals surface area (Å²) in [5.74, 6) is 0. The van der Waals surface area contributed by atoms with E-state index in [9.17, 15) is 0 Å². The molecule has 0 aliphatic carbocycles. The maximum atomic E-state index is 8.12. The van der Waals surface area contributed by atoms with Crippen molar-refractivity contribution in [3.8, 4) is 0 Å². The highest BCUT2D eigenvalue weighted by Gasteiger charge is 1.93. The number of azide groups is 1. The molecule has 10 heteroatoms. The minimum Gasteiger partial charge on any atom is -0.269 e. The zero-order chi connectivity index (χ0) is 15.0. The Labute approximate surface area is 104 Å². The molecule has 0 radical (unpaired) electrons. The highest BCUT2D eigenvalue weighted by molar-refractivity contribution is 5.28. The molecule has 0 bridgehead atoms. The van der Waals surface area contributed by atoms with Crippen LogP contribution >= 0.6 is 0 Å². The fraction of sp³-hybridized carbons (Fsp3) is 0.333. The lowest BCUT2D eigenvalue weighted by Gasteiger charge is -2.00. The molecule has 1 aromatic rings. The molecule has 1 aromatic carbocycles. The predicted molar refractivity (Wildman–Crippen MR) is 57.9 cm³/mol. The van der Waals surface area contributed by atoms with Crippen LogP contribution in [0.4, 0.5) is 32.1 Å². The topological polar surface area (TPSA) is 48.8 Å². The minimum atomic E-state index is 0. The van der Waals surface area contributed by atoms with Crippen LogP contribution in [0.2, 0.25) is 0 Å². The van der Waals surface area contributed by atoms with Crippen molar-refractivity contribution >= 4 is 0 Å². The number of rotatable bonds is 2. The van der Waals surface area contributed by atoms with E-state index in [4.69, 9.17) is 33.0 Å². The molecule has 0 unspecified atom stereocenters. The molecule has 19 heavy (non-hydrogen) atoms. The van der Waals surface area contributed by atoms with Crippen molar-refractivity contribution in [3.63, 3.8) is 0 Å². The lowest BCUT2D eigenvalue weighted by Crippen LogP contribution is -1.84. The van der Waals surface area contributed by atoms with Gasteiger partial charge >= 0.3 is 0 Å². The second-order valence-corrected chi connectivity index (χ2v) is 2.88. The first-order valence-corrected chi connectivity index (χ1v) is 4.23. The van der Waals surface area contributed by atoms with E-state index < -0.39 is 0 Å². The van der Waals surface area contributed by atoms with Gasteiger partial charge in [0, 0.05) is 32.4 Å². The average molecular weight is 295 g/mol. The van der Waals surface area contributed by atoms with Crippen LogP contribution in [0, 0.1) is 13.8 Å². The van der Waals surface area contributed by atoms with Crippen molar-refractivity contribution in [2.75, 3.05) is 0 Å². The molecule has 1 rings (SSSR count). The van der Waals surface area contributed by atoms with E-state index in [0.717, 1.165) is 5.56 Å². The van der Waals surface area contributed by atoms with E-state index >= 15 is 0 Å². The molecule has 0 amide bonds. The van der Waals surface area contributed by atoms with Gasteiger partial charge in [-0.25, -0.2) is 0 Å². The monoisotopic (exact) mass is 295 g/mol. The SMILES string of the molecule is Cc1cc(C)cc(CN=[N+]=[N-])c1.F.FF.FF.FF. The highest BCUT2D eigenvalue weighted by Crippen LogP contribution is 2.09.